The summed E-state index contributed by atoms with van der Waals surface area (Å²) >= 11 is 0. The van der Waals surface area contributed by atoms with Gasteiger partial charge in [0, 0.05) is 24.7 Å². The number of piperidine rings is 1. The summed E-state index contributed by atoms with van der Waals surface area (Å²) in [6.07, 6.45) is 1.38. The molecule has 0 spiro atoms. The number of carbonyl (C=O) groups is 2. The maximum Gasteiger partial charge on any atom is 0.258 e. The highest BCUT2D eigenvalue weighted by molar-refractivity contribution is 5.95. The van der Waals surface area contributed by atoms with E-state index >= 15 is 0 Å². The summed E-state index contributed by atoms with van der Waals surface area (Å²) in [4.78, 5) is 26.8. The fourth-order valence-electron chi connectivity index (χ4n) is 3.59. The second kappa shape index (κ2) is 8.94. The summed E-state index contributed by atoms with van der Waals surface area (Å²) in [7, 11) is 1.56. The zero-order valence-electron chi connectivity index (χ0n) is 16.8. The third kappa shape index (κ3) is 4.42. The molecule has 2 heterocycles. The summed E-state index contributed by atoms with van der Waals surface area (Å²) in [5, 5.41) is 2.98. The lowest BCUT2D eigenvalue weighted by atomic mass is 10.0. The van der Waals surface area contributed by atoms with Gasteiger partial charge >= 0.3 is 0 Å². The lowest BCUT2D eigenvalue weighted by Crippen LogP contribution is -2.47. The van der Waals surface area contributed by atoms with Gasteiger partial charge in [0.15, 0.2) is 29.6 Å². The number of carbonyl (C=O) groups excluding carboxylic acids is 2. The van der Waals surface area contributed by atoms with Crippen molar-refractivity contribution < 1.29 is 28.5 Å². The van der Waals surface area contributed by atoms with Crippen LogP contribution in [0.25, 0.3) is 0 Å². The highest BCUT2D eigenvalue weighted by Gasteiger charge is 2.26. The van der Waals surface area contributed by atoms with E-state index in [1.165, 1.54) is 0 Å². The Bertz CT molecular complexity index is 924. The Morgan fingerprint density at radius 3 is 2.57 bits per heavy atom. The fourth-order valence-corrected chi connectivity index (χ4v) is 3.59. The van der Waals surface area contributed by atoms with E-state index in [1.54, 1.807) is 42.3 Å². The van der Waals surface area contributed by atoms with E-state index in [4.69, 9.17) is 18.9 Å². The van der Waals surface area contributed by atoms with E-state index in [9.17, 15) is 9.59 Å². The van der Waals surface area contributed by atoms with Gasteiger partial charge in [-0.1, -0.05) is 12.1 Å². The Morgan fingerprint density at radius 2 is 1.80 bits per heavy atom. The topological polar surface area (TPSA) is 86.3 Å². The van der Waals surface area contributed by atoms with Crippen LogP contribution in [0.1, 0.15) is 23.2 Å². The molecule has 0 radical (unpaired) electrons. The fraction of sp³-hybridized carbons (Fsp3) is 0.364. The number of amides is 2. The van der Waals surface area contributed by atoms with Crippen LogP contribution in [-0.4, -0.2) is 56.4 Å². The molecule has 0 aliphatic carbocycles. The van der Waals surface area contributed by atoms with Crippen molar-refractivity contribution >= 4 is 11.8 Å². The van der Waals surface area contributed by atoms with Crippen molar-refractivity contribution in [3.8, 4) is 23.0 Å². The number of nitrogens with one attached hydrogen (secondary N) is 1. The Labute approximate surface area is 174 Å². The third-order valence-corrected chi connectivity index (χ3v) is 5.19. The zero-order chi connectivity index (χ0) is 20.9. The number of hydrogen-bond donors (Lipinski definition) is 1. The molecule has 0 saturated carbocycles. The predicted octanol–water partition coefficient (Wildman–Crippen LogP) is 2.22. The molecule has 1 N–H and O–H groups in total. The molecule has 0 unspecified atom stereocenters. The molecule has 2 aromatic rings. The molecule has 0 aromatic heterocycles. The summed E-state index contributed by atoms with van der Waals surface area (Å²) in [5.41, 5.74) is 0.576. The molecule has 0 bridgehead atoms. The van der Waals surface area contributed by atoms with Crippen molar-refractivity contribution in [3.05, 3.63) is 48.0 Å². The highest BCUT2D eigenvalue weighted by Crippen LogP contribution is 2.33. The monoisotopic (exact) mass is 412 g/mol. The summed E-state index contributed by atoms with van der Waals surface area (Å²) in [6.45, 7) is 1.24. The number of hydrogen-bond acceptors (Lipinski definition) is 6. The first-order valence-electron chi connectivity index (χ1n) is 9.88. The molecular formula is C22H24N2O6. The number of rotatable bonds is 6. The maximum absolute atomic E-state index is 12.8. The smallest absolute Gasteiger partial charge is 0.258 e. The van der Waals surface area contributed by atoms with Gasteiger partial charge in [-0.2, -0.15) is 0 Å². The van der Waals surface area contributed by atoms with Crippen molar-refractivity contribution in [2.45, 2.75) is 18.9 Å². The van der Waals surface area contributed by atoms with Gasteiger partial charge in [0.25, 0.3) is 11.8 Å². The predicted molar refractivity (Wildman–Crippen MR) is 108 cm³/mol. The van der Waals surface area contributed by atoms with Crippen LogP contribution in [0.15, 0.2) is 42.5 Å². The lowest BCUT2D eigenvalue weighted by molar-refractivity contribution is -0.124. The minimum Gasteiger partial charge on any atom is -0.493 e. The van der Waals surface area contributed by atoms with Gasteiger partial charge in [-0.3, -0.25) is 9.59 Å². The van der Waals surface area contributed by atoms with Gasteiger partial charge in [0.1, 0.15) is 0 Å². The van der Waals surface area contributed by atoms with E-state index in [1.807, 2.05) is 12.1 Å². The van der Waals surface area contributed by atoms with Crippen LogP contribution < -0.4 is 24.3 Å². The second-order valence-corrected chi connectivity index (χ2v) is 7.14. The Kier molecular flexibility index (Phi) is 5.92. The molecule has 1 saturated heterocycles. The number of para-hydroxylation sites is 2. The van der Waals surface area contributed by atoms with Crippen molar-refractivity contribution in [2.24, 2.45) is 0 Å². The Morgan fingerprint density at radius 1 is 1.07 bits per heavy atom. The molecule has 8 heteroatoms. The number of likely N-dealkylation sites (tertiary alicyclic amines) is 1. The van der Waals surface area contributed by atoms with Crippen LogP contribution in [0.3, 0.4) is 0 Å². The average molecular weight is 412 g/mol. The number of fused-ring (bicyclic) bond motifs is 1. The molecule has 2 aliphatic heterocycles. The van der Waals surface area contributed by atoms with Crippen molar-refractivity contribution in [1.82, 2.24) is 10.2 Å². The molecule has 4 rings (SSSR count). The van der Waals surface area contributed by atoms with E-state index < -0.39 is 0 Å². The molecule has 30 heavy (non-hydrogen) atoms. The third-order valence-electron chi connectivity index (χ3n) is 5.19. The summed E-state index contributed by atoms with van der Waals surface area (Å²) < 4.78 is 21.4. The minimum atomic E-state index is -0.193. The van der Waals surface area contributed by atoms with Gasteiger partial charge in [0.05, 0.1) is 7.11 Å². The standard InChI is InChI=1S/C22H24N2O6/c1-27-17-4-2-3-5-18(17)28-13-21(25)23-16-8-10-24(11-9-16)22(26)15-6-7-19-20(12-15)30-14-29-19/h2-7,12,16H,8-11,13-14H2,1H3,(H,23,25). The minimum absolute atomic E-state index is 0.0135. The zero-order valence-corrected chi connectivity index (χ0v) is 16.8. The van der Waals surface area contributed by atoms with Crippen LogP contribution in [0.2, 0.25) is 0 Å². The van der Waals surface area contributed by atoms with Crippen LogP contribution in [0.5, 0.6) is 23.0 Å². The molecule has 1 fully saturated rings. The number of ether oxygens (including phenoxy) is 4. The number of methoxy groups -OCH3 is 1. The molecule has 2 aromatic carbocycles. The van der Waals surface area contributed by atoms with Crippen LogP contribution in [0.4, 0.5) is 0 Å². The first-order valence-corrected chi connectivity index (χ1v) is 9.88. The number of benzene rings is 2. The van der Waals surface area contributed by atoms with E-state index in [0.717, 1.165) is 0 Å². The van der Waals surface area contributed by atoms with Gasteiger partial charge in [0.2, 0.25) is 6.79 Å². The van der Waals surface area contributed by atoms with Crippen molar-refractivity contribution in [2.75, 3.05) is 33.6 Å². The largest absolute Gasteiger partial charge is 0.493 e. The van der Waals surface area contributed by atoms with Gasteiger partial charge in [-0.15, -0.1) is 0 Å². The van der Waals surface area contributed by atoms with E-state index in [2.05, 4.69) is 5.32 Å². The Hall–Kier alpha value is -3.42. The Balaban J connectivity index is 1.24. The average Bonchev–Trinajstić information content (AvgIpc) is 3.26. The van der Waals surface area contributed by atoms with E-state index in [0.29, 0.717) is 54.5 Å². The van der Waals surface area contributed by atoms with Crippen molar-refractivity contribution in [1.29, 1.82) is 0 Å². The first-order chi connectivity index (χ1) is 14.6. The quantitative estimate of drug-likeness (QED) is 0.783. The summed E-state index contributed by atoms with van der Waals surface area (Å²) in [5.74, 6) is 2.13. The molecular weight excluding hydrogens is 388 g/mol. The van der Waals surface area contributed by atoms with Gasteiger partial charge in [-0.25, -0.2) is 0 Å². The summed E-state index contributed by atoms with van der Waals surface area (Å²) in [6, 6.07) is 12.4. The lowest BCUT2D eigenvalue weighted by Gasteiger charge is -2.32. The highest BCUT2D eigenvalue weighted by atomic mass is 16.7. The second-order valence-electron chi connectivity index (χ2n) is 7.14. The molecule has 8 nitrogen and oxygen atoms in total. The molecule has 0 atom stereocenters. The van der Waals surface area contributed by atoms with Gasteiger partial charge < -0.3 is 29.2 Å². The van der Waals surface area contributed by atoms with Crippen molar-refractivity contribution in [3.63, 3.8) is 0 Å². The van der Waals surface area contributed by atoms with Crippen LogP contribution in [-0.2, 0) is 4.79 Å². The van der Waals surface area contributed by atoms with Crippen LogP contribution in [0, 0.1) is 0 Å². The molecule has 2 aliphatic rings. The number of nitrogens with zero attached hydrogens (tertiary/aromatic N) is 1. The maximum atomic E-state index is 12.8. The SMILES string of the molecule is COc1ccccc1OCC(=O)NC1CCN(C(=O)c2ccc3c(c2)OCO3)CC1. The van der Waals surface area contributed by atoms with E-state index in [-0.39, 0.29) is 31.3 Å². The normalized spacial score (nSPS) is 15.6. The molecule has 2 amide bonds. The molecule has 158 valence electrons. The van der Waals surface area contributed by atoms with Gasteiger partial charge in [-0.05, 0) is 43.2 Å². The first kappa shape index (κ1) is 19.9. The van der Waals surface area contributed by atoms with Crippen LogP contribution >= 0.6 is 0 Å².